The molecule has 1 unspecified atom stereocenters. The van der Waals surface area contributed by atoms with Gasteiger partial charge in [0.2, 0.25) is 5.91 Å². The number of nitrogens with zero attached hydrogens (tertiary/aromatic N) is 2. The molecule has 0 aromatic heterocycles. The van der Waals surface area contributed by atoms with Crippen molar-refractivity contribution < 1.29 is 13.2 Å². The molecular formula is C16H30N4O3S. The van der Waals surface area contributed by atoms with E-state index in [2.05, 4.69) is 15.6 Å². The highest BCUT2D eigenvalue weighted by Crippen LogP contribution is 2.39. The van der Waals surface area contributed by atoms with Gasteiger partial charge in [0.15, 0.2) is 15.8 Å². The molecule has 8 heteroatoms. The number of hydrogen-bond donors (Lipinski definition) is 2. The SMILES string of the molecule is CCNC(=NCC1(C(=O)N(C)C)CCCC1)NC1CCS(=O)(=O)C1. The number of rotatable bonds is 5. The lowest BCUT2D eigenvalue weighted by Crippen LogP contribution is -2.46. The van der Waals surface area contributed by atoms with E-state index in [0.29, 0.717) is 25.5 Å². The van der Waals surface area contributed by atoms with Crippen molar-refractivity contribution in [3.8, 4) is 0 Å². The van der Waals surface area contributed by atoms with Gasteiger partial charge in [-0.25, -0.2) is 8.42 Å². The van der Waals surface area contributed by atoms with Crippen LogP contribution in [0.1, 0.15) is 39.0 Å². The molecule has 24 heavy (non-hydrogen) atoms. The standard InChI is InChI=1S/C16H30N4O3S/c1-4-17-15(19-13-7-10-24(22,23)11-13)18-12-16(8-5-6-9-16)14(21)20(2)3/h13H,4-12H2,1-3H3,(H2,17,18,19). The third kappa shape index (κ3) is 4.62. The molecule has 2 fully saturated rings. The second-order valence-electron chi connectivity index (χ2n) is 7.13. The number of guanidine groups is 1. The topological polar surface area (TPSA) is 90.9 Å². The van der Waals surface area contributed by atoms with Crippen molar-refractivity contribution in [1.29, 1.82) is 0 Å². The first-order valence-electron chi connectivity index (χ1n) is 8.75. The van der Waals surface area contributed by atoms with E-state index < -0.39 is 15.3 Å². The minimum absolute atomic E-state index is 0.100. The first-order chi connectivity index (χ1) is 11.3. The summed E-state index contributed by atoms with van der Waals surface area (Å²) in [4.78, 5) is 18.9. The Hall–Kier alpha value is -1.31. The van der Waals surface area contributed by atoms with Crippen molar-refractivity contribution in [2.45, 2.75) is 45.1 Å². The summed E-state index contributed by atoms with van der Waals surface area (Å²) < 4.78 is 23.2. The second-order valence-corrected chi connectivity index (χ2v) is 9.36. The van der Waals surface area contributed by atoms with Gasteiger partial charge in [-0.2, -0.15) is 0 Å². The molecule has 1 saturated carbocycles. The van der Waals surface area contributed by atoms with Gasteiger partial charge in [0.25, 0.3) is 0 Å². The molecule has 1 amide bonds. The van der Waals surface area contributed by atoms with Crippen LogP contribution in [0.3, 0.4) is 0 Å². The van der Waals surface area contributed by atoms with Crippen molar-refractivity contribution in [3.05, 3.63) is 0 Å². The van der Waals surface area contributed by atoms with Crippen LogP contribution in [0, 0.1) is 5.41 Å². The molecule has 7 nitrogen and oxygen atoms in total. The van der Waals surface area contributed by atoms with Crippen LogP contribution in [0.15, 0.2) is 4.99 Å². The van der Waals surface area contributed by atoms with Gasteiger partial charge < -0.3 is 15.5 Å². The van der Waals surface area contributed by atoms with E-state index >= 15 is 0 Å². The number of carbonyl (C=O) groups excluding carboxylic acids is 1. The summed E-state index contributed by atoms with van der Waals surface area (Å²) >= 11 is 0. The quantitative estimate of drug-likeness (QED) is 0.548. The van der Waals surface area contributed by atoms with Crippen LogP contribution in [0.4, 0.5) is 0 Å². The third-order valence-corrected chi connectivity index (χ3v) is 6.65. The first-order valence-corrected chi connectivity index (χ1v) is 10.6. The third-order valence-electron chi connectivity index (χ3n) is 4.88. The Kier molecular flexibility index (Phi) is 6.11. The molecule has 1 heterocycles. The molecule has 1 saturated heterocycles. The highest BCUT2D eigenvalue weighted by molar-refractivity contribution is 7.91. The summed E-state index contributed by atoms with van der Waals surface area (Å²) in [6.45, 7) is 3.11. The summed E-state index contributed by atoms with van der Waals surface area (Å²) in [6.07, 6.45) is 4.45. The molecule has 1 aliphatic carbocycles. The number of amides is 1. The zero-order valence-corrected chi connectivity index (χ0v) is 15.8. The summed E-state index contributed by atoms with van der Waals surface area (Å²) in [5, 5.41) is 6.38. The molecule has 1 atom stereocenters. The number of nitrogens with one attached hydrogen (secondary N) is 2. The highest BCUT2D eigenvalue weighted by Gasteiger charge is 2.42. The fourth-order valence-electron chi connectivity index (χ4n) is 3.62. The fourth-order valence-corrected chi connectivity index (χ4v) is 5.29. The summed E-state index contributed by atoms with van der Waals surface area (Å²) in [5.74, 6) is 1.13. The molecule has 2 aliphatic rings. The number of sulfone groups is 1. The normalized spacial score (nSPS) is 25.5. The smallest absolute Gasteiger partial charge is 0.230 e. The molecular weight excluding hydrogens is 328 g/mol. The van der Waals surface area contributed by atoms with Gasteiger partial charge in [-0.15, -0.1) is 0 Å². The van der Waals surface area contributed by atoms with Gasteiger partial charge in [0.05, 0.1) is 23.5 Å². The van der Waals surface area contributed by atoms with Crippen molar-refractivity contribution >= 4 is 21.7 Å². The lowest BCUT2D eigenvalue weighted by Gasteiger charge is -2.29. The van der Waals surface area contributed by atoms with Crippen molar-refractivity contribution in [2.24, 2.45) is 10.4 Å². The van der Waals surface area contributed by atoms with Crippen LogP contribution in [-0.2, 0) is 14.6 Å². The molecule has 138 valence electrons. The van der Waals surface area contributed by atoms with Gasteiger partial charge in [-0.05, 0) is 26.2 Å². The average molecular weight is 359 g/mol. The van der Waals surface area contributed by atoms with Crippen molar-refractivity contribution in [1.82, 2.24) is 15.5 Å². The highest BCUT2D eigenvalue weighted by atomic mass is 32.2. The molecule has 2 rings (SSSR count). The molecule has 2 N–H and O–H groups in total. The van der Waals surface area contributed by atoms with Crippen LogP contribution in [0.2, 0.25) is 0 Å². The minimum Gasteiger partial charge on any atom is -0.357 e. The van der Waals surface area contributed by atoms with Crippen molar-refractivity contribution in [2.75, 3.05) is 38.7 Å². The molecule has 0 aromatic carbocycles. The Morgan fingerprint density at radius 1 is 1.29 bits per heavy atom. The van der Waals surface area contributed by atoms with Gasteiger partial charge in [0.1, 0.15) is 0 Å². The van der Waals surface area contributed by atoms with E-state index in [1.807, 2.05) is 6.92 Å². The predicted octanol–water partition coefficient (Wildman–Crippen LogP) is 0.377. The predicted molar refractivity (Wildman–Crippen MR) is 95.8 cm³/mol. The van der Waals surface area contributed by atoms with E-state index in [1.54, 1.807) is 19.0 Å². The van der Waals surface area contributed by atoms with E-state index in [0.717, 1.165) is 25.7 Å². The maximum Gasteiger partial charge on any atom is 0.230 e. The number of hydrogen-bond acceptors (Lipinski definition) is 4. The number of carbonyl (C=O) groups is 1. The van der Waals surface area contributed by atoms with Crippen LogP contribution < -0.4 is 10.6 Å². The molecule has 0 spiro atoms. The second kappa shape index (κ2) is 7.72. The van der Waals surface area contributed by atoms with Crippen LogP contribution >= 0.6 is 0 Å². The zero-order valence-electron chi connectivity index (χ0n) is 15.0. The van der Waals surface area contributed by atoms with Crippen LogP contribution in [0.5, 0.6) is 0 Å². The Balaban J connectivity index is 2.07. The van der Waals surface area contributed by atoms with Gasteiger partial charge >= 0.3 is 0 Å². The maximum absolute atomic E-state index is 12.6. The monoisotopic (exact) mass is 358 g/mol. The van der Waals surface area contributed by atoms with Crippen LogP contribution in [0.25, 0.3) is 0 Å². The molecule has 1 aliphatic heterocycles. The first kappa shape index (κ1) is 19.0. The summed E-state index contributed by atoms with van der Waals surface area (Å²) in [6, 6.07) is -0.100. The molecule has 0 aromatic rings. The van der Waals surface area contributed by atoms with Gasteiger partial charge in [0, 0.05) is 26.7 Å². The number of aliphatic imine (C=N–C) groups is 1. The summed E-state index contributed by atoms with van der Waals surface area (Å²) in [7, 11) is 0.652. The van der Waals surface area contributed by atoms with Gasteiger partial charge in [-0.3, -0.25) is 9.79 Å². The summed E-state index contributed by atoms with van der Waals surface area (Å²) in [5.41, 5.74) is -0.409. The molecule has 0 radical (unpaired) electrons. The van der Waals surface area contributed by atoms with Crippen LogP contribution in [-0.4, -0.2) is 69.9 Å². The van der Waals surface area contributed by atoms with E-state index in [1.165, 1.54) is 0 Å². The minimum atomic E-state index is -2.93. The fraction of sp³-hybridized carbons (Fsp3) is 0.875. The molecule has 0 bridgehead atoms. The van der Waals surface area contributed by atoms with E-state index in [-0.39, 0.29) is 23.5 Å². The lowest BCUT2D eigenvalue weighted by atomic mass is 9.85. The average Bonchev–Trinajstić information content (AvgIpc) is 3.11. The van der Waals surface area contributed by atoms with Crippen molar-refractivity contribution in [3.63, 3.8) is 0 Å². The Morgan fingerprint density at radius 2 is 1.96 bits per heavy atom. The lowest BCUT2D eigenvalue weighted by molar-refractivity contribution is -0.138. The maximum atomic E-state index is 12.6. The zero-order chi connectivity index (χ0) is 17.8. The Labute approximate surface area is 145 Å². The largest absolute Gasteiger partial charge is 0.357 e. The van der Waals surface area contributed by atoms with E-state index in [4.69, 9.17) is 0 Å². The van der Waals surface area contributed by atoms with E-state index in [9.17, 15) is 13.2 Å². The Morgan fingerprint density at radius 3 is 2.46 bits per heavy atom. The Bertz CT molecular complexity index is 580. The van der Waals surface area contributed by atoms with Gasteiger partial charge in [-0.1, -0.05) is 12.8 Å².